The molecule has 22 heavy (non-hydrogen) atoms. The number of anilines is 1. The summed E-state index contributed by atoms with van der Waals surface area (Å²) < 4.78 is 0.636. The summed E-state index contributed by atoms with van der Waals surface area (Å²) in [6.07, 6.45) is 1.67. The molecule has 0 aliphatic heterocycles. The van der Waals surface area contributed by atoms with Crippen LogP contribution in [0.15, 0.2) is 63.5 Å². The monoisotopic (exact) mass is 373 g/mol. The number of thiazole rings is 1. The van der Waals surface area contributed by atoms with E-state index in [-0.39, 0.29) is 5.75 Å². The van der Waals surface area contributed by atoms with Crippen molar-refractivity contribution in [1.29, 1.82) is 0 Å². The van der Waals surface area contributed by atoms with Crippen molar-refractivity contribution in [2.45, 2.75) is 0 Å². The van der Waals surface area contributed by atoms with Crippen molar-refractivity contribution >= 4 is 38.6 Å². The van der Waals surface area contributed by atoms with Crippen LogP contribution in [0, 0.1) is 0 Å². The molecule has 0 fully saturated rings. The van der Waals surface area contributed by atoms with E-state index in [0.717, 1.165) is 22.0 Å². The first-order valence-corrected chi connectivity index (χ1v) is 8.18. The highest BCUT2D eigenvalue weighted by Crippen LogP contribution is 2.25. The average Bonchev–Trinajstić information content (AvgIpc) is 3.01. The van der Waals surface area contributed by atoms with Crippen LogP contribution in [0.4, 0.5) is 5.13 Å². The number of phenols is 1. The summed E-state index contributed by atoms with van der Waals surface area (Å²) in [6.45, 7) is 0. The van der Waals surface area contributed by atoms with E-state index in [1.807, 2.05) is 35.7 Å². The van der Waals surface area contributed by atoms with Crippen molar-refractivity contribution in [3.63, 3.8) is 0 Å². The highest BCUT2D eigenvalue weighted by Gasteiger charge is 2.03. The number of nitrogens with zero attached hydrogens (tertiary/aromatic N) is 2. The summed E-state index contributed by atoms with van der Waals surface area (Å²) in [5.74, 6) is 0.206. The summed E-state index contributed by atoms with van der Waals surface area (Å²) in [7, 11) is 0. The Morgan fingerprint density at radius 3 is 2.77 bits per heavy atom. The smallest absolute Gasteiger partial charge is 0.203 e. The van der Waals surface area contributed by atoms with Gasteiger partial charge in [0.1, 0.15) is 5.75 Å². The second-order valence-corrected chi connectivity index (χ2v) is 6.20. The van der Waals surface area contributed by atoms with E-state index in [1.165, 1.54) is 11.3 Å². The predicted molar refractivity (Wildman–Crippen MR) is 94.6 cm³/mol. The molecule has 0 bridgehead atoms. The minimum Gasteiger partial charge on any atom is -0.507 e. The molecular formula is C16H12BrN3OS. The quantitative estimate of drug-likeness (QED) is 0.513. The van der Waals surface area contributed by atoms with Gasteiger partial charge in [0.05, 0.1) is 16.4 Å². The summed E-state index contributed by atoms with van der Waals surface area (Å²) in [4.78, 5) is 4.49. The third kappa shape index (κ3) is 3.52. The molecule has 1 aromatic heterocycles. The van der Waals surface area contributed by atoms with Crippen molar-refractivity contribution in [2.75, 3.05) is 5.43 Å². The second-order valence-electron chi connectivity index (χ2n) is 4.48. The van der Waals surface area contributed by atoms with Gasteiger partial charge in [-0.25, -0.2) is 4.98 Å². The number of hydrazone groups is 1. The van der Waals surface area contributed by atoms with Crippen LogP contribution < -0.4 is 5.43 Å². The van der Waals surface area contributed by atoms with Gasteiger partial charge in [0, 0.05) is 10.9 Å². The first-order chi connectivity index (χ1) is 10.7. The second kappa shape index (κ2) is 6.72. The maximum atomic E-state index is 9.44. The lowest BCUT2D eigenvalue weighted by atomic mass is 10.2. The molecule has 0 aliphatic carbocycles. The van der Waals surface area contributed by atoms with Crippen molar-refractivity contribution in [2.24, 2.45) is 5.10 Å². The third-order valence-corrected chi connectivity index (χ3v) is 4.30. The minimum absolute atomic E-state index is 0.206. The largest absolute Gasteiger partial charge is 0.507 e. The fourth-order valence-electron chi connectivity index (χ4n) is 1.83. The van der Waals surface area contributed by atoms with Crippen molar-refractivity contribution < 1.29 is 5.11 Å². The molecule has 0 radical (unpaired) electrons. The van der Waals surface area contributed by atoms with Crippen molar-refractivity contribution in [3.05, 3.63) is 63.9 Å². The average molecular weight is 374 g/mol. The standard InChI is InChI=1S/C16H12BrN3OS/c17-13-8-11(6-7-15(13)21)9-18-20-16-19-14(10-22-16)12-4-2-1-3-5-12/h1-10,21H,(H,19,20). The van der Waals surface area contributed by atoms with Gasteiger partial charge in [0.15, 0.2) is 0 Å². The molecule has 0 saturated heterocycles. The van der Waals surface area contributed by atoms with Gasteiger partial charge in [-0.15, -0.1) is 11.3 Å². The van der Waals surface area contributed by atoms with Crippen LogP contribution in [0.1, 0.15) is 5.56 Å². The highest BCUT2D eigenvalue weighted by molar-refractivity contribution is 9.10. The zero-order chi connectivity index (χ0) is 15.4. The topological polar surface area (TPSA) is 57.5 Å². The SMILES string of the molecule is Oc1ccc(C=NNc2nc(-c3ccccc3)cs2)cc1Br. The Bertz CT molecular complexity index is 802. The molecule has 0 spiro atoms. The maximum absolute atomic E-state index is 9.44. The van der Waals surface area contributed by atoms with Crippen molar-refractivity contribution in [3.8, 4) is 17.0 Å². The van der Waals surface area contributed by atoms with E-state index in [2.05, 4.69) is 31.4 Å². The zero-order valence-corrected chi connectivity index (χ0v) is 13.8. The van der Waals surface area contributed by atoms with E-state index < -0.39 is 0 Å². The Labute approximate surface area is 140 Å². The van der Waals surface area contributed by atoms with E-state index >= 15 is 0 Å². The van der Waals surface area contributed by atoms with Gasteiger partial charge in [-0.1, -0.05) is 30.3 Å². The summed E-state index contributed by atoms with van der Waals surface area (Å²) in [5.41, 5.74) is 5.80. The van der Waals surface area contributed by atoms with Crippen LogP contribution in [0.3, 0.4) is 0 Å². The number of hydrogen-bond donors (Lipinski definition) is 2. The molecule has 0 aliphatic rings. The van der Waals surface area contributed by atoms with Gasteiger partial charge in [-0.05, 0) is 39.7 Å². The summed E-state index contributed by atoms with van der Waals surface area (Å²) in [6, 6.07) is 15.2. The molecule has 0 unspecified atom stereocenters. The molecule has 2 aromatic carbocycles. The van der Waals surface area contributed by atoms with Crippen LogP contribution in [0.25, 0.3) is 11.3 Å². The van der Waals surface area contributed by atoms with Crippen LogP contribution in [0.5, 0.6) is 5.75 Å². The number of aromatic nitrogens is 1. The molecule has 1 heterocycles. The van der Waals surface area contributed by atoms with E-state index in [1.54, 1.807) is 24.4 Å². The van der Waals surface area contributed by atoms with Crippen LogP contribution in [-0.2, 0) is 0 Å². The van der Waals surface area contributed by atoms with E-state index in [4.69, 9.17) is 0 Å². The number of hydrogen-bond acceptors (Lipinski definition) is 5. The molecular weight excluding hydrogens is 362 g/mol. The number of aromatic hydroxyl groups is 1. The number of benzene rings is 2. The highest BCUT2D eigenvalue weighted by atomic mass is 79.9. The van der Waals surface area contributed by atoms with Crippen LogP contribution >= 0.6 is 27.3 Å². The molecule has 0 atom stereocenters. The van der Waals surface area contributed by atoms with Crippen LogP contribution in [-0.4, -0.2) is 16.3 Å². The van der Waals surface area contributed by atoms with Gasteiger partial charge in [-0.3, -0.25) is 5.43 Å². The number of phenolic OH excluding ortho intramolecular Hbond substituents is 1. The summed E-state index contributed by atoms with van der Waals surface area (Å²) >= 11 is 4.77. The van der Waals surface area contributed by atoms with Gasteiger partial charge < -0.3 is 5.11 Å². The van der Waals surface area contributed by atoms with E-state index in [0.29, 0.717) is 4.47 Å². The Hall–Kier alpha value is -2.18. The third-order valence-electron chi connectivity index (χ3n) is 2.92. The molecule has 110 valence electrons. The Kier molecular flexibility index (Phi) is 4.50. The minimum atomic E-state index is 0.206. The molecule has 2 N–H and O–H groups in total. The molecule has 0 amide bonds. The van der Waals surface area contributed by atoms with Gasteiger partial charge in [-0.2, -0.15) is 5.10 Å². The predicted octanol–water partition coefficient (Wildman–Crippen LogP) is 4.72. The first kappa shape index (κ1) is 14.7. The molecule has 3 rings (SSSR count). The molecule has 3 aromatic rings. The Balaban J connectivity index is 1.68. The van der Waals surface area contributed by atoms with E-state index in [9.17, 15) is 5.11 Å². The Morgan fingerprint density at radius 2 is 2.00 bits per heavy atom. The number of halogens is 1. The number of nitrogens with one attached hydrogen (secondary N) is 1. The summed E-state index contributed by atoms with van der Waals surface area (Å²) in [5, 5.41) is 16.3. The molecule has 0 saturated carbocycles. The lowest BCUT2D eigenvalue weighted by Gasteiger charge is -1.98. The van der Waals surface area contributed by atoms with Gasteiger partial charge >= 0.3 is 0 Å². The van der Waals surface area contributed by atoms with Gasteiger partial charge in [0.25, 0.3) is 0 Å². The molecule has 6 heteroatoms. The lowest BCUT2D eigenvalue weighted by molar-refractivity contribution is 0.472. The fourth-order valence-corrected chi connectivity index (χ4v) is 2.90. The zero-order valence-electron chi connectivity index (χ0n) is 11.4. The Morgan fingerprint density at radius 1 is 1.18 bits per heavy atom. The van der Waals surface area contributed by atoms with Crippen LogP contribution in [0.2, 0.25) is 0 Å². The maximum Gasteiger partial charge on any atom is 0.203 e. The first-order valence-electron chi connectivity index (χ1n) is 6.51. The normalized spacial score (nSPS) is 11.0. The molecule has 4 nitrogen and oxygen atoms in total. The fraction of sp³-hybridized carbons (Fsp3) is 0. The lowest BCUT2D eigenvalue weighted by Crippen LogP contribution is -1.90. The van der Waals surface area contributed by atoms with Gasteiger partial charge in [0.2, 0.25) is 5.13 Å². The number of rotatable bonds is 4. The van der Waals surface area contributed by atoms with Crippen molar-refractivity contribution in [1.82, 2.24) is 4.98 Å².